The summed E-state index contributed by atoms with van der Waals surface area (Å²) in [5, 5.41) is 3.07. The molecule has 1 aliphatic carbocycles. The third-order valence-corrected chi connectivity index (χ3v) is 4.17. The van der Waals surface area contributed by atoms with Crippen LogP contribution in [0.4, 0.5) is 4.79 Å². The molecule has 0 saturated heterocycles. The van der Waals surface area contributed by atoms with Crippen molar-refractivity contribution in [2.45, 2.75) is 38.4 Å². The molecule has 6 heteroatoms. The Bertz CT molecular complexity index is 688. The third-order valence-electron chi connectivity index (χ3n) is 4.17. The molecular formula is C18H22N4O2. The zero-order valence-electron chi connectivity index (χ0n) is 14.0. The Hall–Kier alpha value is -2.63. The topological polar surface area (TPSA) is 67.3 Å². The van der Waals surface area contributed by atoms with Crippen molar-refractivity contribution in [2.75, 3.05) is 7.11 Å². The second-order valence-corrected chi connectivity index (χ2v) is 6.01. The van der Waals surface area contributed by atoms with Crippen LogP contribution in [0.25, 0.3) is 0 Å². The van der Waals surface area contributed by atoms with Gasteiger partial charge in [0, 0.05) is 36.7 Å². The van der Waals surface area contributed by atoms with Gasteiger partial charge in [0.2, 0.25) is 0 Å². The fourth-order valence-electron chi connectivity index (χ4n) is 2.71. The molecule has 3 rings (SSSR count). The van der Waals surface area contributed by atoms with Crippen LogP contribution in [-0.4, -0.2) is 34.1 Å². The summed E-state index contributed by atoms with van der Waals surface area (Å²) in [6.07, 6.45) is 9.02. The van der Waals surface area contributed by atoms with Gasteiger partial charge in [0.05, 0.1) is 19.3 Å². The van der Waals surface area contributed by atoms with Crippen LogP contribution in [0.5, 0.6) is 5.75 Å². The number of aromatic nitrogens is 2. The minimum absolute atomic E-state index is 0.0623. The van der Waals surface area contributed by atoms with Gasteiger partial charge in [-0.2, -0.15) is 0 Å². The Morgan fingerprint density at radius 3 is 2.79 bits per heavy atom. The second kappa shape index (κ2) is 7.29. The molecule has 0 aliphatic heterocycles. The number of hydrogen-bond acceptors (Lipinski definition) is 4. The van der Waals surface area contributed by atoms with Gasteiger partial charge in [0.25, 0.3) is 0 Å². The Morgan fingerprint density at radius 2 is 2.12 bits per heavy atom. The highest BCUT2D eigenvalue weighted by Crippen LogP contribution is 2.29. The number of rotatable bonds is 6. The number of amides is 2. The maximum Gasteiger partial charge on any atom is 0.318 e. The molecule has 1 unspecified atom stereocenters. The van der Waals surface area contributed by atoms with Crippen molar-refractivity contribution >= 4 is 6.03 Å². The number of nitrogens with zero attached hydrogens (tertiary/aromatic N) is 3. The Kier molecular flexibility index (Phi) is 4.93. The lowest BCUT2D eigenvalue weighted by atomic mass is 10.1. The quantitative estimate of drug-likeness (QED) is 0.886. The van der Waals surface area contributed by atoms with Crippen LogP contribution in [0.15, 0.2) is 43.0 Å². The molecule has 1 atom stereocenters. The van der Waals surface area contributed by atoms with E-state index >= 15 is 0 Å². The fraction of sp³-hybridized carbons (Fsp3) is 0.389. The van der Waals surface area contributed by atoms with E-state index in [-0.39, 0.29) is 12.1 Å². The summed E-state index contributed by atoms with van der Waals surface area (Å²) in [6.45, 7) is 2.52. The van der Waals surface area contributed by atoms with Gasteiger partial charge in [0.15, 0.2) is 0 Å². The van der Waals surface area contributed by atoms with Crippen LogP contribution in [0.3, 0.4) is 0 Å². The van der Waals surface area contributed by atoms with Crippen LogP contribution in [0, 0.1) is 0 Å². The van der Waals surface area contributed by atoms with Crippen LogP contribution in [-0.2, 0) is 6.54 Å². The highest BCUT2D eigenvalue weighted by Gasteiger charge is 2.33. The SMILES string of the molecule is COc1cnccc1C(C)NC(=O)N(Cc1cccnc1)C1CC1. The monoisotopic (exact) mass is 326 g/mol. The van der Waals surface area contributed by atoms with Crippen LogP contribution in [0.1, 0.15) is 36.9 Å². The number of methoxy groups -OCH3 is 1. The normalized spacial score (nSPS) is 14.8. The van der Waals surface area contributed by atoms with Crippen LogP contribution in [0.2, 0.25) is 0 Å². The first-order valence-electron chi connectivity index (χ1n) is 8.13. The molecule has 0 spiro atoms. The minimum atomic E-state index is -0.161. The summed E-state index contributed by atoms with van der Waals surface area (Å²) in [7, 11) is 1.61. The summed E-state index contributed by atoms with van der Waals surface area (Å²) in [5.74, 6) is 0.676. The van der Waals surface area contributed by atoms with Crippen LogP contribution < -0.4 is 10.1 Å². The third kappa shape index (κ3) is 3.82. The number of carbonyl (C=O) groups is 1. The number of ether oxygens (including phenoxy) is 1. The maximum atomic E-state index is 12.8. The molecule has 24 heavy (non-hydrogen) atoms. The molecule has 2 aromatic heterocycles. The van der Waals surface area contributed by atoms with E-state index in [1.807, 2.05) is 30.0 Å². The van der Waals surface area contributed by atoms with E-state index in [1.165, 1.54) is 0 Å². The molecule has 6 nitrogen and oxygen atoms in total. The molecule has 1 N–H and O–H groups in total. The molecule has 2 heterocycles. The molecule has 0 bridgehead atoms. The average Bonchev–Trinajstić information content (AvgIpc) is 3.45. The second-order valence-electron chi connectivity index (χ2n) is 6.01. The molecule has 1 aliphatic rings. The van der Waals surface area contributed by atoms with Gasteiger partial charge in [0.1, 0.15) is 5.75 Å². The maximum absolute atomic E-state index is 12.8. The molecule has 126 valence electrons. The number of pyridine rings is 2. The van der Waals surface area contributed by atoms with Gasteiger partial charge >= 0.3 is 6.03 Å². The summed E-state index contributed by atoms with van der Waals surface area (Å²) >= 11 is 0. The summed E-state index contributed by atoms with van der Waals surface area (Å²) in [5.41, 5.74) is 1.95. The Labute approximate surface area is 141 Å². The predicted molar refractivity (Wildman–Crippen MR) is 90.5 cm³/mol. The number of carbonyl (C=O) groups excluding carboxylic acids is 1. The first-order chi connectivity index (χ1) is 11.7. The van der Waals surface area contributed by atoms with Crippen LogP contribution >= 0.6 is 0 Å². The smallest absolute Gasteiger partial charge is 0.318 e. The highest BCUT2D eigenvalue weighted by atomic mass is 16.5. The zero-order chi connectivity index (χ0) is 16.9. The van der Waals surface area contributed by atoms with Gasteiger partial charge < -0.3 is 15.0 Å². The largest absolute Gasteiger partial charge is 0.495 e. The molecule has 2 aromatic rings. The van der Waals surface area contributed by atoms with Gasteiger partial charge in [-0.25, -0.2) is 4.79 Å². The number of urea groups is 1. The molecule has 2 amide bonds. The Balaban J connectivity index is 1.69. The first kappa shape index (κ1) is 16.2. The Morgan fingerprint density at radius 1 is 1.33 bits per heavy atom. The van der Waals surface area contributed by atoms with Gasteiger partial charge in [-0.05, 0) is 37.5 Å². The summed E-state index contributed by atoms with van der Waals surface area (Å²) < 4.78 is 5.33. The number of hydrogen-bond donors (Lipinski definition) is 1. The van der Waals surface area contributed by atoms with Crippen molar-refractivity contribution in [2.24, 2.45) is 0 Å². The van der Waals surface area contributed by atoms with E-state index in [9.17, 15) is 4.79 Å². The molecule has 0 radical (unpaired) electrons. The van der Waals surface area contributed by atoms with Crippen molar-refractivity contribution in [3.8, 4) is 5.75 Å². The van der Waals surface area contributed by atoms with Crippen molar-refractivity contribution in [3.63, 3.8) is 0 Å². The van der Waals surface area contributed by atoms with E-state index < -0.39 is 0 Å². The van der Waals surface area contributed by atoms with E-state index in [0.29, 0.717) is 18.3 Å². The summed E-state index contributed by atoms with van der Waals surface area (Å²) in [4.78, 5) is 22.8. The summed E-state index contributed by atoms with van der Waals surface area (Å²) in [6, 6.07) is 5.84. The highest BCUT2D eigenvalue weighted by molar-refractivity contribution is 5.75. The van der Waals surface area contributed by atoms with Gasteiger partial charge in [-0.15, -0.1) is 0 Å². The minimum Gasteiger partial charge on any atom is -0.495 e. The average molecular weight is 326 g/mol. The van der Waals surface area contributed by atoms with Crippen molar-refractivity contribution < 1.29 is 9.53 Å². The van der Waals surface area contributed by atoms with E-state index in [0.717, 1.165) is 24.0 Å². The first-order valence-corrected chi connectivity index (χ1v) is 8.13. The standard InChI is InChI=1S/C18H22N4O2/c1-13(16-7-9-20-11-17(16)24-2)21-18(23)22(15-5-6-15)12-14-4-3-8-19-10-14/h3-4,7-11,13,15H,5-6,12H2,1-2H3,(H,21,23). The lowest BCUT2D eigenvalue weighted by Crippen LogP contribution is -2.42. The van der Waals surface area contributed by atoms with Gasteiger partial charge in [-0.3, -0.25) is 9.97 Å². The molecular weight excluding hydrogens is 304 g/mol. The lowest BCUT2D eigenvalue weighted by molar-refractivity contribution is 0.188. The van der Waals surface area contributed by atoms with Crippen molar-refractivity contribution in [1.82, 2.24) is 20.2 Å². The fourth-order valence-corrected chi connectivity index (χ4v) is 2.71. The van der Waals surface area contributed by atoms with Gasteiger partial charge in [-0.1, -0.05) is 6.07 Å². The number of nitrogens with one attached hydrogen (secondary N) is 1. The molecule has 1 fully saturated rings. The zero-order valence-corrected chi connectivity index (χ0v) is 14.0. The lowest BCUT2D eigenvalue weighted by Gasteiger charge is -2.26. The van der Waals surface area contributed by atoms with Crippen molar-refractivity contribution in [3.05, 3.63) is 54.1 Å². The van der Waals surface area contributed by atoms with E-state index in [4.69, 9.17) is 4.74 Å². The molecule has 1 saturated carbocycles. The predicted octanol–water partition coefficient (Wildman–Crippen LogP) is 2.92. The molecule has 0 aromatic carbocycles. The van der Waals surface area contributed by atoms with Crippen molar-refractivity contribution in [1.29, 1.82) is 0 Å². The van der Waals surface area contributed by atoms with E-state index in [2.05, 4.69) is 15.3 Å². The van der Waals surface area contributed by atoms with E-state index in [1.54, 1.807) is 31.9 Å².